The summed E-state index contributed by atoms with van der Waals surface area (Å²) in [7, 11) is 0. The van der Waals surface area contributed by atoms with E-state index in [4.69, 9.17) is 10.5 Å². The average Bonchev–Trinajstić information content (AvgIpc) is 2.54. The minimum absolute atomic E-state index is 0.0724. The van der Waals surface area contributed by atoms with Gasteiger partial charge in [0.05, 0.1) is 10.8 Å². The minimum atomic E-state index is -0.891. The van der Waals surface area contributed by atoms with Gasteiger partial charge in [0.2, 0.25) is 5.91 Å². The molecule has 1 aliphatic heterocycles. The van der Waals surface area contributed by atoms with E-state index in [2.05, 4.69) is 5.32 Å². The van der Waals surface area contributed by atoms with E-state index in [1.165, 1.54) is 0 Å². The number of hydrogen-bond donors (Lipinski definition) is 3. The maximum atomic E-state index is 12.5. The molecule has 2 fully saturated rings. The van der Waals surface area contributed by atoms with Crippen LogP contribution < -0.4 is 11.1 Å². The molecule has 1 heterocycles. The highest BCUT2D eigenvalue weighted by atomic mass is 16.5. The third kappa shape index (κ3) is 3.37. The summed E-state index contributed by atoms with van der Waals surface area (Å²) in [5, 5.41) is 12.4. The SMILES string of the molecule is NCC1(C(=O)NCC2(C(=O)O)CCOCC2)CCCCC1. The molecule has 0 aromatic rings. The number of amides is 1. The van der Waals surface area contributed by atoms with Gasteiger partial charge in [-0.05, 0) is 25.7 Å². The number of carboxylic acids is 1. The van der Waals surface area contributed by atoms with Crippen molar-refractivity contribution in [1.82, 2.24) is 5.32 Å². The highest BCUT2D eigenvalue weighted by Gasteiger charge is 2.43. The molecule has 0 aromatic carbocycles. The van der Waals surface area contributed by atoms with Crippen LogP contribution in [0.2, 0.25) is 0 Å². The van der Waals surface area contributed by atoms with Gasteiger partial charge in [0.15, 0.2) is 0 Å². The van der Waals surface area contributed by atoms with E-state index in [-0.39, 0.29) is 12.5 Å². The average molecular weight is 298 g/mol. The van der Waals surface area contributed by atoms with Gasteiger partial charge in [-0.3, -0.25) is 9.59 Å². The molecule has 1 saturated carbocycles. The van der Waals surface area contributed by atoms with Crippen molar-refractivity contribution in [2.45, 2.75) is 44.9 Å². The number of ether oxygens (including phenoxy) is 1. The third-order valence-electron chi connectivity index (χ3n) is 5.17. The van der Waals surface area contributed by atoms with Crippen LogP contribution in [0.25, 0.3) is 0 Å². The Bertz CT molecular complexity index is 385. The van der Waals surface area contributed by atoms with Gasteiger partial charge in [0, 0.05) is 26.3 Å². The van der Waals surface area contributed by atoms with Crippen molar-refractivity contribution >= 4 is 11.9 Å². The molecule has 1 amide bonds. The first-order valence-corrected chi connectivity index (χ1v) is 7.84. The molecule has 21 heavy (non-hydrogen) atoms. The molecule has 6 nitrogen and oxygen atoms in total. The smallest absolute Gasteiger partial charge is 0.311 e. The van der Waals surface area contributed by atoms with Crippen LogP contribution in [0.4, 0.5) is 0 Å². The molecule has 120 valence electrons. The normalized spacial score (nSPS) is 24.2. The molecule has 0 unspecified atom stereocenters. The van der Waals surface area contributed by atoms with Crippen LogP contribution in [0.3, 0.4) is 0 Å². The number of aliphatic carboxylic acids is 1. The van der Waals surface area contributed by atoms with Crippen molar-refractivity contribution in [2.75, 3.05) is 26.3 Å². The van der Waals surface area contributed by atoms with Gasteiger partial charge in [0.1, 0.15) is 0 Å². The summed E-state index contributed by atoms with van der Waals surface area (Å²) in [6.45, 7) is 1.38. The van der Waals surface area contributed by atoms with Crippen LogP contribution in [0.1, 0.15) is 44.9 Å². The lowest BCUT2D eigenvalue weighted by Gasteiger charge is -2.37. The van der Waals surface area contributed by atoms with Gasteiger partial charge >= 0.3 is 5.97 Å². The monoisotopic (exact) mass is 298 g/mol. The largest absolute Gasteiger partial charge is 0.481 e. The van der Waals surface area contributed by atoms with Crippen molar-refractivity contribution in [1.29, 1.82) is 0 Å². The number of hydrogen-bond acceptors (Lipinski definition) is 4. The second-order valence-electron chi connectivity index (χ2n) is 6.43. The van der Waals surface area contributed by atoms with Crippen molar-refractivity contribution in [3.63, 3.8) is 0 Å². The Balaban J connectivity index is 1.99. The zero-order valence-electron chi connectivity index (χ0n) is 12.5. The fourth-order valence-electron chi connectivity index (χ4n) is 3.42. The van der Waals surface area contributed by atoms with E-state index < -0.39 is 16.8 Å². The minimum Gasteiger partial charge on any atom is -0.481 e. The summed E-state index contributed by atoms with van der Waals surface area (Å²) in [5.74, 6) is -0.923. The molecule has 0 atom stereocenters. The van der Waals surface area contributed by atoms with Gasteiger partial charge in [-0.15, -0.1) is 0 Å². The van der Waals surface area contributed by atoms with Gasteiger partial charge < -0.3 is 20.9 Å². The Morgan fingerprint density at radius 1 is 1.05 bits per heavy atom. The fraction of sp³-hybridized carbons (Fsp3) is 0.867. The Morgan fingerprint density at radius 2 is 1.67 bits per heavy atom. The molecule has 0 spiro atoms. The van der Waals surface area contributed by atoms with E-state index in [1.54, 1.807) is 0 Å². The van der Waals surface area contributed by atoms with Crippen molar-refractivity contribution in [2.24, 2.45) is 16.6 Å². The molecule has 2 aliphatic rings. The number of nitrogens with two attached hydrogens (primary N) is 1. The van der Waals surface area contributed by atoms with E-state index in [0.717, 1.165) is 32.1 Å². The number of nitrogens with one attached hydrogen (secondary N) is 1. The van der Waals surface area contributed by atoms with Gasteiger partial charge in [-0.1, -0.05) is 19.3 Å². The molecular weight excluding hydrogens is 272 g/mol. The zero-order valence-corrected chi connectivity index (χ0v) is 12.5. The van der Waals surface area contributed by atoms with Crippen molar-refractivity contribution in [3.8, 4) is 0 Å². The second-order valence-corrected chi connectivity index (χ2v) is 6.43. The lowest BCUT2D eigenvalue weighted by molar-refractivity contribution is -0.155. The van der Waals surface area contributed by atoms with Crippen LogP contribution in [-0.2, 0) is 14.3 Å². The summed E-state index contributed by atoms with van der Waals surface area (Å²) < 4.78 is 5.24. The number of carbonyl (C=O) groups excluding carboxylic acids is 1. The Labute approximate surface area is 125 Å². The predicted molar refractivity (Wildman–Crippen MR) is 77.7 cm³/mol. The Kier molecular flexibility index (Phi) is 5.22. The van der Waals surface area contributed by atoms with Crippen molar-refractivity contribution < 1.29 is 19.4 Å². The van der Waals surface area contributed by atoms with Crippen LogP contribution in [0, 0.1) is 10.8 Å². The first-order chi connectivity index (χ1) is 10.0. The first-order valence-electron chi connectivity index (χ1n) is 7.84. The van der Waals surface area contributed by atoms with Crippen LogP contribution in [-0.4, -0.2) is 43.3 Å². The molecule has 2 rings (SSSR count). The van der Waals surface area contributed by atoms with Gasteiger partial charge in [0.25, 0.3) is 0 Å². The van der Waals surface area contributed by atoms with Crippen LogP contribution >= 0.6 is 0 Å². The zero-order chi connectivity index (χ0) is 15.3. The predicted octanol–water partition coefficient (Wildman–Crippen LogP) is 0.893. The lowest BCUT2D eigenvalue weighted by Crippen LogP contribution is -2.52. The number of carbonyl (C=O) groups is 2. The molecule has 6 heteroatoms. The maximum absolute atomic E-state index is 12.5. The summed E-state index contributed by atoms with van der Waals surface area (Å²) in [6, 6.07) is 0. The fourth-order valence-corrected chi connectivity index (χ4v) is 3.42. The van der Waals surface area contributed by atoms with Gasteiger partial charge in [-0.2, -0.15) is 0 Å². The first kappa shape index (κ1) is 16.2. The third-order valence-corrected chi connectivity index (χ3v) is 5.17. The topological polar surface area (TPSA) is 102 Å². The van der Waals surface area contributed by atoms with E-state index in [9.17, 15) is 14.7 Å². The molecule has 0 radical (unpaired) electrons. The number of carboxylic acid groups (broad SMARTS) is 1. The van der Waals surface area contributed by atoms with E-state index in [0.29, 0.717) is 32.6 Å². The van der Waals surface area contributed by atoms with Gasteiger partial charge in [-0.25, -0.2) is 0 Å². The maximum Gasteiger partial charge on any atom is 0.311 e. The lowest BCUT2D eigenvalue weighted by atomic mass is 9.73. The molecule has 0 aromatic heterocycles. The summed E-state index contributed by atoms with van der Waals surface area (Å²) >= 11 is 0. The highest BCUT2D eigenvalue weighted by molar-refractivity contribution is 5.84. The van der Waals surface area contributed by atoms with Crippen LogP contribution in [0.15, 0.2) is 0 Å². The van der Waals surface area contributed by atoms with E-state index in [1.807, 2.05) is 0 Å². The Hall–Kier alpha value is -1.14. The molecule has 1 aliphatic carbocycles. The molecular formula is C15H26N2O4. The summed E-state index contributed by atoms with van der Waals surface area (Å²) in [4.78, 5) is 24.1. The quantitative estimate of drug-likeness (QED) is 0.700. The van der Waals surface area contributed by atoms with E-state index >= 15 is 0 Å². The highest BCUT2D eigenvalue weighted by Crippen LogP contribution is 2.36. The molecule has 4 N–H and O–H groups in total. The number of rotatable bonds is 5. The standard InChI is InChI=1S/C15H26N2O4/c16-10-14(4-2-1-3-5-14)12(18)17-11-15(13(19)20)6-8-21-9-7-15/h1-11,16H2,(H,17,18)(H,19,20). The van der Waals surface area contributed by atoms with Crippen LogP contribution in [0.5, 0.6) is 0 Å². The molecule has 0 bridgehead atoms. The second kappa shape index (κ2) is 6.75. The Morgan fingerprint density at radius 3 is 2.19 bits per heavy atom. The van der Waals surface area contributed by atoms with Crippen molar-refractivity contribution in [3.05, 3.63) is 0 Å². The summed E-state index contributed by atoms with van der Waals surface area (Å²) in [5.41, 5.74) is 4.46. The summed E-state index contributed by atoms with van der Waals surface area (Å²) in [6.07, 6.45) is 5.67. The molecule has 1 saturated heterocycles.